The highest BCUT2D eigenvalue weighted by atomic mass is 35.5. The second kappa shape index (κ2) is 5.37. The average molecular weight is 247 g/mol. The minimum absolute atomic E-state index is 0. The van der Waals surface area contributed by atoms with Crippen LogP contribution in [0.15, 0.2) is 0 Å². The summed E-state index contributed by atoms with van der Waals surface area (Å²) >= 11 is 0. The van der Waals surface area contributed by atoms with Gasteiger partial charge in [0.2, 0.25) is 5.91 Å². The van der Waals surface area contributed by atoms with Crippen molar-refractivity contribution in [3.05, 3.63) is 0 Å². The summed E-state index contributed by atoms with van der Waals surface area (Å²) in [7, 11) is 0. The number of nitrogens with two attached hydrogens (primary N) is 1. The van der Waals surface area contributed by atoms with Gasteiger partial charge in [0.25, 0.3) is 0 Å². The van der Waals surface area contributed by atoms with E-state index in [0.717, 1.165) is 12.8 Å². The highest BCUT2D eigenvalue weighted by Gasteiger charge is 2.36. The quantitative estimate of drug-likeness (QED) is 0.796. The molecule has 2 fully saturated rings. The molecule has 0 spiro atoms. The van der Waals surface area contributed by atoms with Gasteiger partial charge in [-0.1, -0.05) is 19.8 Å². The van der Waals surface area contributed by atoms with Crippen LogP contribution in [-0.4, -0.2) is 18.5 Å². The van der Waals surface area contributed by atoms with Gasteiger partial charge in [-0.3, -0.25) is 4.79 Å². The van der Waals surface area contributed by atoms with E-state index in [2.05, 4.69) is 12.2 Å². The average Bonchev–Trinajstić information content (AvgIpc) is 2.98. The molecule has 1 amide bonds. The van der Waals surface area contributed by atoms with Crippen LogP contribution >= 0.6 is 12.4 Å². The first-order valence-corrected chi connectivity index (χ1v) is 6.16. The summed E-state index contributed by atoms with van der Waals surface area (Å²) in [5, 5.41) is 3.02. The molecule has 4 heteroatoms. The maximum absolute atomic E-state index is 11.9. The van der Waals surface area contributed by atoms with Crippen LogP contribution in [0.4, 0.5) is 0 Å². The van der Waals surface area contributed by atoms with Crippen LogP contribution in [-0.2, 0) is 4.79 Å². The second-order valence-electron chi connectivity index (χ2n) is 5.48. The number of amides is 1. The van der Waals surface area contributed by atoms with Crippen molar-refractivity contribution in [2.45, 2.75) is 51.5 Å². The molecule has 3 N–H and O–H groups in total. The molecule has 2 aliphatic rings. The van der Waals surface area contributed by atoms with Crippen molar-refractivity contribution in [1.29, 1.82) is 0 Å². The molecule has 0 heterocycles. The molecule has 0 bridgehead atoms. The molecule has 0 aromatic heterocycles. The predicted octanol–water partition coefficient (Wildman–Crippen LogP) is 1.84. The summed E-state index contributed by atoms with van der Waals surface area (Å²) in [6.07, 6.45) is 6.95. The third kappa shape index (κ3) is 3.11. The Morgan fingerprint density at radius 2 is 2.00 bits per heavy atom. The topological polar surface area (TPSA) is 55.1 Å². The van der Waals surface area contributed by atoms with Gasteiger partial charge in [-0.25, -0.2) is 0 Å². The molecule has 0 aromatic rings. The van der Waals surface area contributed by atoms with Crippen LogP contribution in [0.3, 0.4) is 0 Å². The standard InChI is InChI=1S/C12H22N2O.ClH/c1-12(6-2-3-7-12)11(15)14-8-10(13)9-4-5-9;/h9-10H,2-8,13H2,1H3,(H,14,15);1H. The van der Waals surface area contributed by atoms with E-state index in [4.69, 9.17) is 5.73 Å². The molecule has 2 rings (SSSR count). The normalized spacial score (nSPS) is 24.6. The van der Waals surface area contributed by atoms with E-state index in [0.29, 0.717) is 12.5 Å². The third-order valence-corrected chi connectivity index (χ3v) is 3.98. The third-order valence-electron chi connectivity index (χ3n) is 3.98. The summed E-state index contributed by atoms with van der Waals surface area (Å²) in [5.74, 6) is 0.887. The molecule has 2 aliphatic carbocycles. The minimum atomic E-state index is -0.108. The first-order valence-electron chi connectivity index (χ1n) is 6.16. The van der Waals surface area contributed by atoms with Gasteiger partial charge in [0, 0.05) is 18.0 Å². The fourth-order valence-corrected chi connectivity index (χ4v) is 2.50. The summed E-state index contributed by atoms with van der Waals surface area (Å²) in [6.45, 7) is 2.75. The number of hydrogen-bond acceptors (Lipinski definition) is 2. The Morgan fingerprint density at radius 1 is 1.44 bits per heavy atom. The SMILES string of the molecule is CC1(C(=O)NCC(N)C2CC2)CCCC1.Cl. The lowest BCUT2D eigenvalue weighted by atomic mass is 9.88. The molecular formula is C12H23ClN2O. The van der Waals surface area contributed by atoms with E-state index in [1.165, 1.54) is 25.7 Å². The fourth-order valence-electron chi connectivity index (χ4n) is 2.50. The van der Waals surface area contributed by atoms with Crippen LogP contribution in [0, 0.1) is 11.3 Å². The number of carbonyl (C=O) groups excluding carboxylic acids is 1. The smallest absolute Gasteiger partial charge is 0.225 e. The zero-order chi connectivity index (χ0) is 10.9. The van der Waals surface area contributed by atoms with Crippen molar-refractivity contribution in [2.75, 3.05) is 6.54 Å². The van der Waals surface area contributed by atoms with Crippen LogP contribution in [0.2, 0.25) is 0 Å². The van der Waals surface area contributed by atoms with Crippen molar-refractivity contribution in [3.8, 4) is 0 Å². The number of nitrogens with one attached hydrogen (secondary N) is 1. The highest BCUT2D eigenvalue weighted by molar-refractivity contribution is 5.85. The molecule has 0 aliphatic heterocycles. The largest absolute Gasteiger partial charge is 0.354 e. The van der Waals surface area contributed by atoms with Gasteiger partial charge in [0.15, 0.2) is 0 Å². The van der Waals surface area contributed by atoms with Gasteiger partial charge < -0.3 is 11.1 Å². The lowest BCUT2D eigenvalue weighted by Gasteiger charge is -2.23. The number of hydrogen-bond donors (Lipinski definition) is 2. The van der Waals surface area contributed by atoms with Crippen molar-refractivity contribution in [1.82, 2.24) is 5.32 Å². The first kappa shape index (κ1) is 13.8. The predicted molar refractivity (Wildman–Crippen MR) is 67.5 cm³/mol. The highest BCUT2D eigenvalue weighted by Crippen LogP contribution is 2.37. The molecule has 2 saturated carbocycles. The summed E-state index contributed by atoms with van der Waals surface area (Å²) in [4.78, 5) is 11.9. The first-order chi connectivity index (χ1) is 7.12. The molecular weight excluding hydrogens is 224 g/mol. The van der Waals surface area contributed by atoms with E-state index in [1.54, 1.807) is 0 Å². The Balaban J connectivity index is 0.00000128. The van der Waals surface area contributed by atoms with Gasteiger partial charge >= 0.3 is 0 Å². The lowest BCUT2D eigenvalue weighted by Crippen LogP contribution is -2.44. The van der Waals surface area contributed by atoms with Crippen LogP contribution in [0.5, 0.6) is 0 Å². The lowest BCUT2D eigenvalue weighted by molar-refractivity contribution is -0.129. The summed E-state index contributed by atoms with van der Waals surface area (Å²) in [5.41, 5.74) is 5.85. The van der Waals surface area contributed by atoms with E-state index in [-0.39, 0.29) is 29.8 Å². The number of halogens is 1. The fraction of sp³-hybridized carbons (Fsp3) is 0.917. The van der Waals surface area contributed by atoms with Gasteiger partial charge in [-0.15, -0.1) is 12.4 Å². The Kier molecular flexibility index (Phi) is 4.62. The molecule has 0 radical (unpaired) electrons. The second-order valence-corrected chi connectivity index (χ2v) is 5.48. The molecule has 0 saturated heterocycles. The maximum Gasteiger partial charge on any atom is 0.225 e. The molecule has 3 nitrogen and oxygen atoms in total. The van der Waals surface area contributed by atoms with Gasteiger partial charge in [0.05, 0.1) is 0 Å². The molecule has 16 heavy (non-hydrogen) atoms. The summed E-state index contributed by atoms with van der Waals surface area (Å²) in [6, 6.07) is 0.180. The van der Waals surface area contributed by atoms with E-state index in [1.807, 2.05) is 0 Å². The Morgan fingerprint density at radius 3 is 2.50 bits per heavy atom. The van der Waals surface area contributed by atoms with Gasteiger partial charge in [-0.2, -0.15) is 0 Å². The molecule has 1 atom stereocenters. The Bertz CT molecular complexity index is 247. The van der Waals surface area contributed by atoms with Crippen molar-refractivity contribution >= 4 is 18.3 Å². The Labute approximate surface area is 104 Å². The zero-order valence-corrected chi connectivity index (χ0v) is 10.8. The summed E-state index contributed by atoms with van der Waals surface area (Å²) < 4.78 is 0. The van der Waals surface area contributed by atoms with Gasteiger partial charge in [0.1, 0.15) is 0 Å². The van der Waals surface area contributed by atoms with E-state index in [9.17, 15) is 4.79 Å². The molecule has 1 unspecified atom stereocenters. The zero-order valence-electron chi connectivity index (χ0n) is 10.00. The van der Waals surface area contributed by atoms with Gasteiger partial charge in [-0.05, 0) is 31.6 Å². The van der Waals surface area contributed by atoms with E-state index >= 15 is 0 Å². The minimum Gasteiger partial charge on any atom is -0.354 e. The van der Waals surface area contributed by atoms with Crippen molar-refractivity contribution in [2.24, 2.45) is 17.1 Å². The van der Waals surface area contributed by atoms with Crippen LogP contribution < -0.4 is 11.1 Å². The van der Waals surface area contributed by atoms with E-state index < -0.39 is 0 Å². The number of carbonyl (C=O) groups is 1. The number of rotatable bonds is 4. The van der Waals surface area contributed by atoms with Crippen molar-refractivity contribution in [3.63, 3.8) is 0 Å². The van der Waals surface area contributed by atoms with Crippen LogP contribution in [0.1, 0.15) is 45.4 Å². The maximum atomic E-state index is 11.9. The van der Waals surface area contributed by atoms with Crippen LogP contribution in [0.25, 0.3) is 0 Å². The molecule has 0 aromatic carbocycles. The molecule has 94 valence electrons. The van der Waals surface area contributed by atoms with Crippen molar-refractivity contribution < 1.29 is 4.79 Å². The monoisotopic (exact) mass is 246 g/mol. The Hall–Kier alpha value is -0.280.